The number of carbonyl (C=O) groups is 2. The van der Waals surface area contributed by atoms with Crippen LogP contribution in [0.2, 0.25) is 0 Å². The van der Waals surface area contributed by atoms with Crippen LogP contribution in [0.15, 0.2) is 46.9 Å². The molecule has 0 atom stereocenters. The minimum atomic E-state index is -1.08. The van der Waals surface area contributed by atoms with E-state index in [-0.39, 0.29) is 11.1 Å². The molecule has 0 saturated carbocycles. The molecule has 6 heteroatoms. The van der Waals surface area contributed by atoms with Crippen LogP contribution in [0.25, 0.3) is 11.1 Å². The fraction of sp³-hybridized carbons (Fsp3) is 0.0625. The molecule has 3 aromatic rings. The molecule has 1 heterocycles. The van der Waals surface area contributed by atoms with Crippen LogP contribution in [-0.4, -0.2) is 22.0 Å². The lowest BCUT2D eigenvalue weighted by Crippen LogP contribution is -2.12. The molecule has 22 heavy (non-hydrogen) atoms. The summed E-state index contributed by atoms with van der Waals surface area (Å²) in [7, 11) is 0. The predicted octanol–water partition coefficient (Wildman–Crippen LogP) is 3.09. The highest BCUT2D eigenvalue weighted by Crippen LogP contribution is 2.20. The zero-order valence-electron chi connectivity index (χ0n) is 11.7. The average molecular weight is 296 g/mol. The van der Waals surface area contributed by atoms with Gasteiger partial charge >= 0.3 is 5.97 Å². The summed E-state index contributed by atoms with van der Waals surface area (Å²) in [6.45, 7) is 1.75. The first-order valence-corrected chi connectivity index (χ1v) is 6.55. The summed E-state index contributed by atoms with van der Waals surface area (Å²) in [5.74, 6) is -0.917. The molecule has 0 aliphatic heterocycles. The van der Waals surface area contributed by atoms with Gasteiger partial charge in [-0.25, -0.2) is 9.78 Å². The second-order valence-electron chi connectivity index (χ2n) is 4.76. The SMILES string of the molecule is Cc1nc2ccc(NC(=O)c3cccc(C(=O)O)c3)cc2o1. The molecule has 2 aromatic carbocycles. The highest BCUT2D eigenvalue weighted by atomic mass is 16.4. The smallest absolute Gasteiger partial charge is 0.335 e. The number of carboxylic acid groups (broad SMARTS) is 1. The van der Waals surface area contributed by atoms with Crippen molar-refractivity contribution in [1.82, 2.24) is 4.98 Å². The molecule has 0 aliphatic carbocycles. The third-order valence-electron chi connectivity index (χ3n) is 3.12. The fourth-order valence-corrected chi connectivity index (χ4v) is 2.11. The number of nitrogens with zero attached hydrogens (tertiary/aromatic N) is 1. The Morgan fingerprint density at radius 1 is 1.14 bits per heavy atom. The molecule has 3 rings (SSSR count). The Bertz CT molecular complexity index is 883. The van der Waals surface area contributed by atoms with E-state index in [1.165, 1.54) is 18.2 Å². The first kappa shape index (κ1) is 13.8. The van der Waals surface area contributed by atoms with Gasteiger partial charge < -0.3 is 14.8 Å². The number of rotatable bonds is 3. The Labute approximate surface area is 125 Å². The summed E-state index contributed by atoms with van der Waals surface area (Å²) in [6.07, 6.45) is 0. The van der Waals surface area contributed by atoms with Crippen molar-refractivity contribution in [2.45, 2.75) is 6.92 Å². The third kappa shape index (κ3) is 2.67. The molecular formula is C16H12N2O4. The summed E-state index contributed by atoms with van der Waals surface area (Å²) in [6, 6.07) is 11.0. The summed E-state index contributed by atoms with van der Waals surface area (Å²) >= 11 is 0. The van der Waals surface area contributed by atoms with Crippen molar-refractivity contribution in [3.8, 4) is 0 Å². The lowest BCUT2D eigenvalue weighted by Gasteiger charge is -2.05. The van der Waals surface area contributed by atoms with Crippen LogP contribution in [0.1, 0.15) is 26.6 Å². The highest BCUT2D eigenvalue weighted by Gasteiger charge is 2.11. The second kappa shape index (κ2) is 5.33. The molecule has 0 radical (unpaired) electrons. The van der Waals surface area contributed by atoms with E-state index in [2.05, 4.69) is 10.3 Å². The Morgan fingerprint density at radius 3 is 2.68 bits per heavy atom. The molecule has 1 aromatic heterocycles. The molecule has 2 N–H and O–H groups in total. The van der Waals surface area contributed by atoms with E-state index < -0.39 is 11.9 Å². The molecule has 0 fully saturated rings. The topological polar surface area (TPSA) is 92.4 Å². The number of amides is 1. The lowest BCUT2D eigenvalue weighted by molar-refractivity contribution is 0.0697. The Morgan fingerprint density at radius 2 is 1.91 bits per heavy atom. The second-order valence-corrected chi connectivity index (χ2v) is 4.76. The monoisotopic (exact) mass is 296 g/mol. The van der Waals surface area contributed by atoms with Crippen LogP contribution < -0.4 is 5.32 Å². The van der Waals surface area contributed by atoms with Gasteiger partial charge in [0.15, 0.2) is 11.5 Å². The van der Waals surface area contributed by atoms with E-state index in [0.717, 1.165) is 0 Å². The third-order valence-corrected chi connectivity index (χ3v) is 3.12. The zero-order chi connectivity index (χ0) is 15.7. The lowest BCUT2D eigenvalue weighted by atomic mass is 10.1. The molecule has 6 nitrogen and oxygen atoms in total. The number of hydrogen-bond donors (Lipinski definition) is 2. The van der Waals surface area contributed by atoms with Gasteiger partial charge in [-0.1, -0.05) is 6.07 Å². The van der Waals surface area contributed by atoms with E-state index in [0.29, 0.717) is 22.7 Å². The maximum atomic E-state index is 12.2. The summed E-state index contributed by atoms with van der Waals surface area (Å²) in [5, 5.41) is 11.7. The number of carbonyl (C=O) groups excluding carboxylic acids is 1. The van der Waals surface area contributed by atoms with Gasteiger partial charge in [0.25, 0.3) is 5.91 Å². The van der Waals surface area contributed by atoms with E-state index in [1.54, 1.807) is 31.2 Å². The number of benzene rings is 2. The fourth-order valence-electron chi connectivity index (χ4n) is 2.11. The zero-order valence-corrected chi connectivity index (χ0v) is 11.7. The summed E-state index contributed by atoms with van der Waals surface area (Å²) in [5.41, 5.74) is 2.18. The first-order valence-electron chi connectivity index (χ1n) is 6.55. The molecule has 0 unspecified atom stereocenters. The van der Waals surface area contributed by atoms with Crippen LogP contribution in [-0.2, 0) is 0 Å². The number of aromatic carboxylic acids is 1. The number of anilines is 1. The molecule has 110 valence electrons. The molecule has 0 spiro atoms. The Hall–Kier alpha value is -3.15. The number of oxazole rings is 1. The number of aromatic nitrogens is 1. The normalized spacial score (nSPS) is 10.6. The van der Waals surface area contributed by atoms with Crippen LogP contribution >= 0.6 is 0 Å². The molecular weight excluding hydrogens is 284 g/mol. The van der Waals surface area contributed by atoms with E-state index >= 15 is 0 Å². The van der Waals surface area contributed by atoms with Gasteiger partial charge in [0.1, 0.15) is 5.52 Å². The van der Waals surface area contributed by atoms with Gasteiger partial charge in [-0.2, -0.15) is 0 Å². The van der Waals surface area contributed by atoms with Crippen LogP contribution in [0, 0.1) is 6.92 Å². The number of aryl methyl sites for hydroxylation is 1. The maximum Gasteiger partial charge on any atom is 0.335 e. The van der Waals surface area contributed by atoms with Crippen molar-refractivity contribution in [2.75, 3.05) is 5.32 Å². The molecule has 1 amide bonds. The van der Waals surface area contributed by atoms with Gasteiger partial charge in [0, 0.05) is 24.2 Å². The van der Waals surface area contributed by atoms with Crippen LogP contribution in [0.3, 0.4) is 0 Å². The minimum absolute atomic E-state index is 0.0639. The van der Waals surface area contributed by atoms with Gasteiger partial charge in [-0.3, -0.25) is 4.79 Å². The quantitative estimate of drug-likeness (QED) is 0.774. The standard InChI is InChI=1S/C16H12N2O4/c1-9-17-13-6-5-12(8-14(13)22-9)18-15(19)10-3-2-4-11(7-10)16(20)21/h2-8H,1H3,(H,18,19)(H,20,21). The van der Waals surface area contributed by atoms with Crippen molar-refractivity contribution in [2.24, 2.45) is 0 Å². The summed E-state index contributed by atoms with van der Waals surface area (Å²) < 4.78 is 5.41. The number of hydrogen-bond acceptors (Lipinski definition) is 4. The van der Waals surface area contributed by atoms with Crippen molar-refractivity contribution >= 4 is 28.7 Å². The molecule has 0 bridgehead atoms. The van der Waals surface area contributed by atoms with E-state index in [4.69, 9.17) is 9.52 Å². The van der Waals surface area contributed by atoms with Gasteiger partial charge in [0.2, 0.25) is 0 Å². The average Bonchev–Trinajstić information content (AvgIpc) is 2.86. The van der Waals surface area contributed by atoms with Crippen molar-refractivity contribution in [3.05, 3.63) is 59.5 Å². The summed E-state index contributed by atoms with van der Waals surface area (Å²) in [4.78, 5) is 27.3. The largest absolute Gasteiger partial charge is 0.478 e. The Kier molecular flexibility index (Phi) is 3.34. The van der Waals surface area contributed by atoms with Gasteiger partial charge in [-0.15, -0.1) is 0 Å². The maximum absolute atomic E-state index is 12.2. The molecule has 0 saturated heterocycles. The van der Waals surface area contributed by atoms with Crippen molar-refractivity contribution in [3.63, 3.8) is 0 Å². The van der Waals surface area contributed by atoms with Gasteiger partial charge in [-0.05, 0) is 30.3 Å². The number of carboxylic acids is 1. The highest BCUT2D eigenvalue weighted by molar-refractivity contribution is 6.06. The van der Waals surface area contributed by atoms with E-state index in [9.17, 15) is 9.59 Å². The first-order chi connectivity index (χ1) is 10.5. The van der Waals surface area contributed by atoms with Gasteiger partial charge in [0.05, 0.1) is 5.56 Å². The molecule has 0 aliphatic rings. The Balaban J connectivity index is 1.86. The van der Waals surface area contributed by atoms with Crippen molar-refractivity contribution < 1.29 is 19.1 Å². The van der Waals surface area contributed by atoms with Crippen molar-refractivity contribution in [1.29, 1.82) is 0 Å². The van der Waals surface area contributed by atoms with Crippen LogP contribution in [0.4, 0.5) is 5.69 Å². The minimum Gasteiger partial charge on any atom is -0.478 e. The number of fused-ring (bicyclic) bond motifs is 1. The van der Waals surface area contributed by atoms with Crippen LogP contribution in [0.5, 0.6) is 0 Å². The number of nitrogens with one attached hydrogen (secondary N) is 1. The predicted molar refractivity (Wildman–Crippen MR) is 80.1 cm³/mol. The van der Waals surface area contributed by atoms with E-state index in [1.807, 2.05) is 0 Å².